The number of fused-ring (bicyclic) bond motifs is 7. The molecule has 1 heterocycles. The van der Waals surface area contributed by atoms with E-state index >= 15 is 0 Å². The molecule has 11 rings (SSSR count). The maximum atomic E-state index is 6.94. The van der Waals surface area contributed by atoms with Crippen LogP contribution in [0, 0.1) is 0 Å². The highest BCUT2D eigenvalue weighted by atomic mass is 16.3. The summed E-state index contributed by atoms with van der Waals surface area (Å²) in [6.07, 6.45) is 0. The summed E-state index contributed by atoms with van der Waals surface area (Å²) in [6, 6.07) is 77.3. The largest absolute Gasteiger partial charge is 0.455 e. The van der Waals surface area contributed by atoms with Crippen molar-refractivity contribution in [3.63, 3.8) is 0 Å². The summed E-state index contributed by atoms with van der Waals surface area (Å²) in [7, 11) is 0. The molecule has 56 heavy (non-hydrogen) atoms. The molecule has 0 radical (unpaired) electrons. The average molecular weight is 713 g/mol. The SMILES string of the molecule is c1ccc(-c2ccc(C(c3ccc4c(ccc5ccccc54)c3)c3ccc(-c4cccc5ccccc45)c4oc5ccccc5c34)cc2-c2ccccc2)cc1. The molecule has 0 amide bonds. The molecule has 0 aliphatic heterocycles. The standard InChI is InChI=1S/C55H36O/c1-3-14-36(15-4-1)45-30-29-42(35-51(45)38-16-5-2-6-17-38)53(41-28-31-46-40(34-41)27-26-39-19-8-9-21-43(39)46)50-33-32-48(47-24-13-20-37-18-7-10-22-44(37)47)55-54(50)49-23-11-12-25-52(49)56-55/h1-35,53H. The van der Waals surface area contributed by atoms with Gasteiger partial charge in [0.2, 0.25) is 0 Å². The third-order valence-corrected chi connectivity index (χ3v) is 11.6. The van der Waals surface area contributed by atoms with E-state index in [4.69, 9.17) is 4.42 Å². The predicted molar refractivity (Wildman–Crippen MR) is 236 cm³/mol. The molecule has 0 aliphatic rings. The van der Waals surface area contributed by atoms with Crippen LogP contribution in [-0.2, 0) is 0 Å². The van der Waals surface area contributed by atoms with Crippen molar-refractivity contribution in [2.75, 3.05) is 0 Å². The molecule has 1 heteroatoms. The predicted octanol–water partition coefficient (Wildman–Crippen LogP) is 15.2. The zero-order valence-corrected chi connectivity index (χ0v) is 30.7. The monoisotopic (exact) mass is 712 g/mol. The number of hydrogen-bond donors (Lipinski definition) is 0. The lowest BCUT2D eigenvalue weighted by Crippen LogP contribution is -2.05. The van der Waals surface area contributed by atoms with Gasteiger partial charge in [-0.1, -0.05) is 200 Å². The van der Waals surface area contributed by atoms with Crippen LogP contribution in [0.5, 0.6) is 0 Å². The molecule has 0 N–H and O–H groups in total. The highest BCUT2D eigenvalue weighted by Crippen LogP contribution is 2.47. The molecule has 1 unspecified atom stereocenters. The summed E-state index contributed by atoms with van der Waals surface area (Å²) < 4.78 is 6.94. The molecule has 0 saturated carbocycles. The molecule has 262 valence electrons. The van der Waals surface area contributed by atoms with Gasteiger partial charge in [-0.2, -0.15) is 0 Å². The fourth-order valence-electron chi connectivity index (χ4n) is 9.00. The molecule has 0 fully saturated rings. The zero-order valence-electron chi connectivity index (χ0n) is 30.7. The smallest absolute Gasteiger partial charge is 0.143 e. The van der Waals surface area contributed by atoms with Crippen molar-refractivity contribution < 1.29 is 4.42 Å². The first-order valence-electron chi connectivity index (χ1n) is 19.4. The van der Waals surface area contributed by atoms with Crippen molar-refractivity contribution >= 4 is 54.3 Å². The third kappa shape index (κ3) is 5.32. The molecule has 1 aromatic heterocycles. The summed E-state index contributed by atoms with van der Waals surface area (Å²) in [5.74, 6) is -0.0942. The van der Waals surface area contributed by atoms with Crippen LogP contribution >= 0.6 is 0 Å². The zero-order chi connectivity index (χ0) is 37.0. The van der Waals surface area contributed by atoms with E-state index in [0.29, 0.717) is 0 Å². The van der Waals surface area contributed by atoms with E-state index in [1.165, 1.54) is 76.8 Å². The second-order valence-electron chi connectivity index (χ2n) is 14.8. The van der Waals surface area contributed by atoms with E-state index in [2.05, 4.69) is 212 Å². The Kier molecular flexibility index (Phi) is 7.64. The van der Waals surface area contributed by atoms with Crippen molar-refractivity contribution in [2.24, 2.45) is 0 Å². The quantitative estimate of drug-likeness (QED) is 0.124. The fraction of sp³-hybridized carbons (Fsp3) is 0.0182. The lowest BCUT2D eigenvalue weighted by molar-refractivity contribution is 0.669. The normalized spacial score (nSPS) is 12.2. The van der Waals surface area contributed by atoms with Gasteiger partial charge in [-0.05, 0) is 89.0 Å². The van der Waals surface area contributed by atoms with Crippen molar-refractivity contribution in [1.82, 2.24) is 0 Å². The molecule has 0 aliphatic carbocycles. The first-order valence-corrected chi connectivity index (χ1v) is 19.4. The Hall–Kier alpha value is -7.22. The summed E-state index contributed by atoms with van der Waals surface area (Å²) >= 11 is 0. The van der Waals surface area contributed by atoms with Crippen LogP contribution in [0.15, 0.2) is 217 Å². The van der Waals surface area contributed by atoms with Crippen LogP contribution in [-0.4, -0.2) is 0 Å². The first kappa shape index (κ1) is 32.2. The van der Waals surface area contributed by atoms with E-state index in [-0.39, 0.29) is 5.92 Å². The van der Waals surface area contributed by atoms with Gasteiger partial charge in [0.15, 0.2) is 0 Å². The van der Waals surface area contributed by atoms with Gasteiger partial charge in [-0.25, -0.2) is 0 Å². The fourth-order valence-corrected chi connectivity index (χ4v) is 9.00. The van der Waals surface area contributed by atoms with E-state index in [1.807, 2.05) is 0 Å². The van der Waals surface area contributed by atoms with Crippen LogP contribution in [0.2, 0.25) is 0 Å². The second kappa shape index (κ2) is 13.3. The van der Waals surface area contributed by atoms with Crippen LogP contribution in [0.4, 0.5) is 0 Å². The Morgan fingerprint density at radius 2 is 0.893 bits per heavy atom. The third-order valence-electron chi connectivity index (χ3n) is 11.6. The van der Waals surface area contributed by atoms with Gasteiger partial charge in [-0.3, -0.25) is 0 Å². The van der Waals surface area contributed by atoms with E-state index in [1.54, 1.807) is 0 Å². The number of rotatable bonds is 6. The van der Waals surface area contributed by atoms with Crippen LogP contribution in [0.1, 0.15) is 22.6 Å². The molecular formula is C55H36O. The highest BCUT2D eigenvalue weighted by molar-refractivity contribution is 6.14. The van der Waals surface area contributed by atoms with Gasteiger partial charge in [0, 0.05) is 22.3 Å². The van der Waals surface area contributed by atoms with E-state index in [0.717, 1.165) is 27.5 Å². The van der Waals surface area contributed by atoms with Gasteiger partial charge in [0.05, 0.1) is 0 Å². The minimum atomic E-state index is -0.0942. The summed E-state index contributed by atoms with van der Waals surface area (Å²) in [6.45, 7) is 0. The Morgan fingerprint density at radius 3 is 1.70 bits per heavy atom. The average Bonchev–Trinajstić information content (AvgIpc) is 3.67. The van der Waals surface area contributed by atoms with Gasteiger partial charge < -0.3 is 4.42 Å². The lowest BCUT2D eigenvalue weighted by Gasteiger charge is -2.23. The molecule has 0 bridgehead atoms. The van der Waals surface area contributed by atoms with Gasteiger partial charge in [0.1, 0.15) is 11.2 Å². The van der Waals surface area contributed by atoms with Crippen LogP contribution in [0.3, 0.4) is 0 Å². The number of hydrogen-bond acceptors (Lipinski definition) is 1. The summed E-state index contributed by atoms with van der Waals surface area (Å²) in [5.41, 5.74) is 12.6. The molecule has 10 aromatic carbocycles. The molecular weight excluding hydrogens is 677 g/mol. The topological polar surface area (TPSA) is 13.1 Å². The van der Waals surface area contributed by atoms with E-state index in [9.17, 15) is 0 Å². The lowest BCUT2D eigenvalue weighted by atomic mass is 9.79. The van der Waals surface area contributed by atoms with Gasteiger partial charge in [-0.15, -0.1) is 0 Å². The minimum absolute atomic E-state index is 0.0942. The Bertz CT molecular complexity index is 3240. The first-order chi connectivity index (χ1) is 27.8. The summed E-state index contributed by atoms with van der Waals surface area (Å²) in [4.78, 5) is 0. The van der Waals surface area contributed by atoms with Crippen molar-refractivity contribution in [3.05, 3.63) is 229 Å². The molecule has 0 spiro atoms. The maximum Gasteiger partial charge on any atom is 0.143 e. The molecule has 1 nitrogen and oxygen atoms in total. The van der Waals surface area contributed by atoms with Crippen LogP contribution in [0.25, 0.3) is 87.6 Å². The molecule has 1 atom stereocenters. The minimum Gasteiger partial charge on any atom is -0.455 e. The Balaban J connectivity index is 1.21. The maximum absolute atomic E-state index is 6.94. The van der Waals surface area contributed by atoms with Crippen molar-refractivity contribution in [2.45, 2.75) is 5.92 Å². The molecule has 11 aromatic rings. The molecule has 0 saturated heterocycles. The number of furan rings is 1. The number of para-hydroxylation sites is 1. The Morgan fingerprint density at radius 1 is 0.321 bits per heavy atom. The van der Waals surface area contributed by atoms with Gasteiger partial charge >= 0.3 is 0 Å². The van der Waals surface area contributed by atoms with Crippen molar-refractivity contribution in [1.29, 1.82) is 0 Å². The second-order valence-corrected chi connectivity index (χ2v) is 14.8. The van der Waals surface area contributed by atoms with Crippen molar-refractivity contribution in [3.8, 4) is 33.4 Å². The Labute approximate surface area is 325 Å². The highest BCUT2D eigenvalue weighted by Gasteiger charge is 2.26. The van der Waals surface area contributed by atoms with E-state index < -0.39 is 0 Å². The van der Waals surface area contributed by atoms with Crippen LogP contribution < -0.4 is 0 Å². The summed E-state index contributed by atoms with van der Waals surface area (Å²) in [5, 5.41) is 9.73. The van der Waals surface area contributed by atoms with Gasteiger partial charge in [0.25, 0.3) is 0 Å². The number of benzene rings is 10.